The number of rotatable bonds is 2. The van der Waals surface area contributed by atoms with Crippen molar-refractivity contribution in [2.45, 2.75) is 31.8 Å². The first-order valence-corrected chi connectivity index (χ1v) is 4.93. The van der Waals surface area contributed by atoms with Crippen molar-refractivity contribution in [3.8, 4) is 0 Å². The Morgan fingerprint density at radius 1 is 1.43 bits per heavy atom. The first-order chi connectivity index (χ1) is 6.65. The topological polar surface area (TPSA) is 38.0 Å². The van der Waals surface area contributed by atoms with Crippen LogP contribution in [0.5, 0.6) is 0 Å². The Morgan fingerprint density at radius 3 is 2.79 bits per heavy atom. The van der Waals surface area contributed by atoms with E-state index in [2.05, 4.69) is 5.32 Å². The van der Waals surface area contributed by atoms with Crippen LogP contribution in [-0.4, -0.2) is 12.1 Å². The molecule has 0 saturated heterocycles. The summed E-state index contributed by atoms with van der Waals surface area (Å²) in [5, 5.41) is 3.30. The van der Waals surface area contributed by atoms with Crippen LogP contribution in [0.15, 0.2) is 18.2 Å². The number of anilines is 1. The Morgan fingerprint density at radius 2 is 2.14 bits per heavy atom. The fourth-order valence-electron chi connectivity index (χ4n) is 1.75. The lowest BCUT2D eigenvalue weighted by atomic mass is 9.87. The van der Waals surface area contributed by atoms with E-state index in [1.165, 1.54) is 6.07 Å². The predicted octanol–water partition coefficient (Wildman–Crippen LogP) is 2.04. The van der Waals surface area contributed by atoms with Gasteiger partial charge in [-0.25, -0.2) is 4.39 Å². The van der Waals surface area contributed by atoms with E-state index in [1.807, 2.05) is 6.92 Å². The van der Waals surface area contributed by atoms with Crippen LogP contribution in [0.2, 0.25) is 0 Å². The Kier molecular flexibility index (Phi) is 2.42. The minimum absolute atomic E-state index is 0.193. The lowest BCUT2D eigenvalue weighted by Crippen LogP contribution is -2.44. The van der Waals surface area contributed by atoms with Gasteiger partial charge in [0.2, 0.25) is 0 Å². The van der Waals surface area contributed by atoms with E-state index in [1.54, 1.807) is 12.1 Å². The molecule has 76 valence electrons. The van der Waals surface area contributed by atoms with Crippen molar-refractivity contribution in [2.75, 3.05) is 5.32 Å². The molecule has 1 fully saturated rings. The van der Waals surface area contributed by atoms with Gasteiger partial charge in [-0.1, -0.05) is 6.07 Å². The molecule has 1 aromatic carbocycles. The number of halogens is 1. The van der Waals surface area contributed by atoms with Crippen LogP contribution < -0.4 is 11.1 Å². The summed E-state index contributed by atoms with van der Waals surface area (Å²) in [6, 6.07) is 5.55. The van der Waals surface area contributed by atoms with Crippen molar-refractivity contribution in [3.05, 3.63) is 29.6 Å². The average Bonchev–Trinajstić information content (AvgIpc) is 2.09. The summed E-state index contributed by atoms with van der Waals surface area (Å²) in [5.41, 5.74) is 7.64. The fraction of sp³-hybridized carbons (Fsp3) is 0.455. The summed E-state index contributed by atoms with van der Waals surface area (Å²) in [5.74, 6) is -0.193. The number of hydrogen-bond donors (Lipinski definition) is 2. The zero-order chi connectivity index (χ0) is 10.1. The van der Waals surface area contributed by atoms with E-state index in [0.717, 1.165) is 24.1 Å². The maximum atomic E-state index is 12.9. The summed E-state index contributed by atoms with van der Waals surface area (Å²) >= 11 is 0. The lowest BCUT2D eigenvalue weighted by molar-refractivity contribution is 0.373. The smallest absolute Gasteiger partial charge is 0.125 e. The first kappa shape index (κ1) is 9.46. The molecule has 0 heterocycles. The lowest BCUT2D eigenvalue weighted by Gasteiger charge is -2.34. The molecule has 0 spiro atoms. The van der Waals surface area contributed by atoms with E-state index >= 15 is 0 Å². The highest BCUT2D eigenvalue weighted by atomic mass is 19.1. The van der Waals surface area contributed by atoms with E-state index < -0.39 is 0 Å². The molecule has 1 saturated carbocycles. The van der Waals surface area contributed by atoms with Gasteiger partial charge < -0.3 is 11.1 Å². The molecule has 0 aliphatic heterocycles. The first-order valence-electron chi connectivity index (χ1n) is 4.93. The standard InChI is InChI=1S/C11H15FN2/c1-7-2-3-8(12)4-11(7)14-10-5-9(13)6-10/h2-4,9-10,14H,5-6,13H2,1H3. The largest absolute Gasteiger partial charge is 0.382 e. The molecule has 2 rings (SSSR count). The maximum Gasteiger partial charge on any atom is 0.125 e. The van der Waals surface area contributed by atoms with E-state index in [-0.39, 0.29) is 5.82 Å². The zero-order valence-corrected chi connectivity index (χ0v) is 8.26. The third-order valence-corrected chi connectivity index (χ3v) is 2.73. The SMILES string of the molecule is Cc1ccc(F)cc1NC1CC(N)C1. The minimum Gasteiger partial charge on any atom is -0.382 e. The van der Waals surface area contributed by atoms with Gasteiger partial charge in [-0.05, 0) is 37.5 Å². The van der Waals surface area contributed by atoms with Crippen molar-refractivity contribution in [2.24, 2.45) is 5.73 Å². The molecule has 0 atom stereocenters. The third kappa shape index (κ3) is 1.87. The van der Waals surface area contributed by atoms with Gasteiger partial charge in [0.15, 0.2) is 0 Å². The molecule has 2 nitrogen and oxygen atoms in total. The van der Waals surface area contributed by atoms with Crippen LogP contribution in [0.1, 0.15) is 18.4 Å². The van der Waals surface area contributed by atoms with Crippen molar-refractivity contribution in [1.82, 2.24) is 0 Å². The Balaban J connectivity index is 2.05. The number of nitrogens with one attached hydrogen (secondary N) is 1. The molecule has 3 N–H and O–H groups in total. The molecule has 3 heteroatoms. The van der Waals surface area contributed by atoms with E-state index in [9.17, 15) is 4.39 Å². The van der Waals surface area contributed by atoms with Crippen LogP contribution in [0.4, 0.5) is 10.1 Å². The van der Waals surface area contributed by atoms with Gasteiger partial charge in [0.25, 0.3) is 0 Å². The second kappa shape index (κ2) is 3.58. The van der Waals surface area contributed by atoms with Crippen LogP contribution >= 0.6 is 0 Å². The molecule has 0 aromatic heterocycles. The Hall–Kier alpha value is -1.09. The van der Waals surface area contributed by atoms with Crippen molar-refractivity contribution in [3.63, 3.8) is 0 Å². The monoisotopic (exact) mass is 194 g/mol. The highest BCUT2D eigenvalue weighted by Gasteiger charge is 2.25. The van der Waals surface area contributed by atoms with Gasteiger partial charge >= 0.3 is 0 Å². The maximum absolute atomic E-state index is 12.9. The molecule has 0 radical (unpaired) electrons. The van der Waals surface area contributed by atoms with Crippen molar-refractivity contribution in [1.29, 1.82) is 0 Å². The number of hydrogen-bond acceptors (Lipinski definition) is 2. The molecule has 0 bridgehead atoms. The highest BCUT2D eigenvalue weighted by Crippen LogP contribution is 2.24. The normalized spacial score (nSPS) is 25.6. The molecule has 0 unspecified atom stereocenters. The Bertz CT molecular complexity index is 332. The highest BCUT2D eigenvalue weighted by molar-refractivity contribution is 5.51. The minimum atomic E-state index is -0.193. The molecule has 1 aliphatic carbocycles. The number of nitrogens with two attached hydrogens (primary N) is 1. The van der Waals surface area contributed by atoms with Crippen molar-refractivity contribution >= 4 is 5.69 Å². The number of aryl methyl sites for hydroxylation is 1. The quantitative estimate of drug-likeness (QED) is 0.756. The van der Waals surface area contributed by atoms with Gasteiger partial charge in [-0.15, -0.1) is 0 Å². The zero-order valence-electron chi connectivity index (χ0n) is 8.26. The molecule has 1 aliphatic rings. The summed E-state index contributed by atoms with van der Waals surface area (Å²) in [6.45, 7) is 1.97. The van der Waals surface area contributed by atoms with Crippen molar-refractivity contribution < 1.29 is 4.39 Å². The second-order valence-electron chi connectivity index (χ2n) is 4.03. The van der Waals surface area contributed by atoms with Gasteiger partial charge in [0.05, 0.1) is 0 Å². The number of benzene rings is 1. The van der Waals surface area contributed by atoms with Crippen LogP contribution in [0.3, 0.4) is 0 Å². The van der Waals surface area contributed by atoms with Gasteiger partial charge in [-0.3, -0.25) is 0 Å². The summed E-state index contributed by atoms with van der Waals surface area (Å²) < 4.78 is 12.9. The molecular formula is C11H15FN2. The molecular weight excluding hydrogens is 179 g/mol. The van der Waals surface area contributed by atoms with Gasteiger partial charge in [-0.2, -0.15) is 0 Å². The van der Waals surface area contributed by atoms with Gasteiger partial charge in [0, 0.05) is 17.8 Å². The molecule has 1 aromatic rings. The Labute approximate surface area is 83.3 Å². The third-order valence-electron chi connectivity index (χ3n) is 2.73. The van der Waals surface area contributed by atoms with Gasteiger partial charge in [0.1, 0.15) is 5.82 Å². The molecule has 14 heavy (non-hydrogen) atoms. The van der Waals surface area contributed by atoms with E-state index in [0.29, 0.717) is 12.1 Å². The predicted molar refractivity (Wildman–Crippen MR) is 55.8 cm³/mol. The summed E-state index contributed by atoms with van der Waals surface area (Å²) in [6.07, 6.45) is 1.96. The second-order valence-corrected chi connectivity index (χ2v) is 4.03. The average molecular weight is 194 g/mol. The van der Waals surface area contributed by atoms with Crippen LogP contribution in [0, 0.1) is 12.7 Å². The molecule has 0 amide bonds. The van der Waals surface area contributed by atoms with E-state index in [4.69, 9.17) is 5.73 Å². The van der Waals surface area contributed by atoms with Crippen LogP contribution in [-0.2, 0) is 0 Å². The van der Waals surface area contributed by atoms with Crippen LogP contribution in [0.25, 0.3) is 0 Å². The summed E-state index contributed by atoms with van der Waals surface area (Å²) in [7, 11) is 0. The summed E-state index contributed by atoms with van der Waals surface area (Å²) in [4.78, 5) is 0. The fourth-order valence-corrected chi connectivity index (χ4v) is 1.75.